The van der Waals surface area contributed by atoms with Gasteiger partial charge in [-0.3, -0.25) is 0 Å². The van der Waals surface area contributed by atoms with Crippen molar-refractivity contribution in [2.45, 2.75) is 5.92 Å². The van der Waals surface area contributed by atoms with Crippen LogP contribution in [0.5, 0.6) is 11.5 Å². The molecule has 0 amide bonds. The lowest BCUT2D eigenvalue weighted by atomic mass is 10.00. The molecule has 0 saturated heterocycles. The number of nitrogens with two attached hydrogens (primary N) is 1. The lowest BCUT2D eigenvalue weighted by molar-refractivity contribution is 0.267. The highest BCUT2D eigenvalue weighted by Gasteiger charge is 2.10. The van der Waals surface area contributed by atoms with Crippen molar-refractivity contribution < 1.29 is 14.9 Å². The van der Waals surface area contributed by atoms with Gasteiger partial charge in [0.05, 0.1) is 13.7 Å². The van der Waals surface area contributed by atoms with Crippen molar-refractivity contribution in [3.8, 4) is 11.5 Å². The summed E-state index contributed by atoms with van der Waals surface area (Å²) in [7, 11) is 1.48. The van der Waals surface area contributed by atoms with Crippen molar-refractivity contribution in [1.82, 2.24) is 0 Å². The lowest BCUT2D eigenvalue weighted by Gasteiger charge is -2.13. The number of methoxy groups -OCH3 is 1. The number of aromatic hydroxyl groups is 1. The van der Waals surface area contributed by atoms with Gasteiger partial charge in [0, 0.05) is 12.5 Å². The number of hydrogen-bond acceptors (Lipinski definition) is 4. The number of hydrogen-bond donors (Lipinski definition) is 3. The molecule has 1 rings (SSSR count). The summed E-state index contributed by atoms with van der Waals surface area (Å²) >= 11 is 0. The molecule has 0 heterocycles. The topological polar surface area (TPSA) is 75.7 Å². The Morgan fingerprint density at radius 3 is 2.71 bits per heavy atom. The third-order valence-corrected chi connectivity index (χ3v) is 2.18. The molecule has 1 aromatic carbocycles. The van der Waals surface area contributed by atoms with Crippen LogP contribution in [0.15, 0.2) is 18.2 Å². The van der Waals surface area contributed by atoms with Crippen molar-refractivity contribution in [1.29, 1.82) is 0 Å². The largest absolute Gasteiger partial charge is 0.504 e. The number of phenols is 1. The maximum Gasteiger partial charge on any atom is 0.160 e. The van der Waals surface area contributed by atoms with Crippen molar-refractivity contribution in [3.05, 3.63) is 23.8 Å². The van der Waals surface area contributed by atoms with Gasteiger partial charge in [-0.25, -0.2) is 0 Å². The highest BCUT2D eigenvalue weighted by atomic mass is 16.5. The Bertz CT molecular complexity index is 297. The maximum absolute atomic E-state index is 9.34. The lowest BCUT2D eigenvalue weighted by Crippen LogP contribution is -2.15. The third kappa shape index (κ3) is 2.16. The zero-order chi connectivity index (χ0) is 10.6. The third-order valence-electron chi connectivity index (χ3n) is 2.18. The fourth-order valence-electron chi connectivity index (χ4n) is 1.26. The molecule has 0 aromatic heterocycles. The van der Waals surface area contributed by atoms with E-state index in [1.54, 1.807) is 12.1 Å². The van der Waals surface area contributed by atoms with E-state index in [2.05, 4.69) is 0 Å². The van der Waals surface area contributed by atoms with Crippen LogP contribution < -0.4 is 10.5 Å². The number of rotatable bonds is 4. The van der Waals surface area contributed by atoms with Crippen LogP contribution in [-0.2, 0) is 0 Å². The Morgan fingerprint density at radius 1 is 1.50 bits per heavy atom. The predicted molar refractivity (Wildman–Crippen MR) is 53.5 cm³/mol. The van der Waals surface area contributed by atoms with Crippen LogP contribution in [0.25, 0.3) is 0 Å². The Labute approximate surface area is 82.9 Å². The Morgan fingerprint density at radius 2 is 2.21 bits per heavy atom. The molecule has 0 bridgehead atoms. The maximum atomic E-state index is 9.34. The van der Waals surface area contributed by atoms with Crippen molar-refractivity contribution in [2.75, 3.05) is 20.3 Å². The van der Waals surface area contributed by atoms with Crippen molar-refractivity contribution in [2.24, 2.45) is 5.73 Å². The molecule has 0 unspecified atom stereocenters. The van der Waals surface area contributed by atoms with Gasteiger partial charge in [0.15, 0.2) is 11.5 Å². The summed E-state index contributed by atoms with van der Waals surface area (Å²) < 4.78 is 4.95. The van der Waals surface area contributed by atoms with E-state index in [1.165, 1.54) is 13.2 Å². The van der Waals surface area contributed by atoms with Gasteiger partial charge in [-0.1, -0.05) is 6.07 Å². The van der Waals surface area contributed by atoms with Crippen LogP contribution in [0, 0.1) is 0 Å². The van der Waals surface area contributed by atoms with Gasteiger partial charge in [0.1, 0.15) is 0 Å². The molecule has 78 valence electrons. The van der Waals surface area contributed by atoms with Crippen LogP contribution in [0.1, 0.15) is 11.5 Å². The highest BCUT2D eigenvalue weighted by Crippen LogP contribution is 2.29. The van der Waals surface area contributed by atoms with E-state index in [0.29, 0.717) is 12.3 Å². The van der Waals surface area contributed by atoms with Gasteiger partial charge in [-0.15, -0.1) is 0 Å². The van der Waals surface area contributed by atoms with Crippen LogP contribution in [0.4, 0.5) is 0 Å². The smallest absolute Gasteiger partial charge is 0.160 e. The van der Waals surface area contributed by atoms with Gasteiger partial charge >= 0.3 is 0 Å². The predicted octanol–water partition coefficient (Wildman–Crippen LogP) is 0.435. The number of aliphatic hydroxyl groups is 1. The first kappa shape index (κ1) is 10.8. The van der Waals surface area contributed by atoms with Crippen molar-refractivity contribution >= 4 is 0 Å². The van der Waals surface area contributed by atoms with E-state index in [-0.39, 0.29) is 18.3 Å². The SMILES string of the molecule is COc1cc([C@H](CN)CO)ccc1O. The minimum absolute atomic E-state index is 0.00949. The summed E-state index contributed by atoms with van der Waals surface area (Å²) in [5.41, 5.74) is 6.35. The number of ether oxygens (including phenoxy) is 1. The summed E-state index contributed by atoms with van der Waals surface area (Å²) in [5, 5.41) is 18.4. The molecule has 1 aromatic rings. The molecular weight excluding hydrogens is 182 g/mol. The Kier molecular flexibility index (Phi) is 3.73. The molecule has 0 aliphatic carbocycles. The van der Waals surface area contributed by atoms with Gasteiger partial charge in [-0.05, 0) is 17.7 Å². The minimum Gasteiger partial charge on any atom is -0.504 e. The van der Waals surface area contributed by atoms with Crippen LogP contribution in [0.3, 0.4) is 0 Å². The number of phenolic OH excluding ortho intramolecular Hbond substituents is 1. The zero-order valence-corrected chi connectivity index (χ0v) is 8.10. The molecule has 4 N–H and O–H groups in total. The molecule has 14 heavy (non-hydrogen) atoms. The van der Waals surface area contributed by atoms with Crippen LogP contribution in [0.2, 0.25) is 0 Å². The molecule has 0 aliphatic heterocycles. The second-order valence-corrected chi connectivity index (χ2v) is 3.05. The fourth-order valence-corrected chi connectivity index (χ4v) is 1.26. The summed E-state index contributed by atoms with van der Waals surface area (Å²) in [6.07, 6.45) is 0. The first-order chi connectivity index (χ1) is 6.72. The molecule has 0 radical (unpaired) electrons. The van der Waals surface area contributed by atoms with E-state index >= 15 is 0 Å². The normalized spacial score (nSPS) is 12.5. The van der Waals surface area contributed by atoms with E-state index < -0.39 is 0 Å². The summed E-state index contributed by atoms with van der Waals surface area (Å²) in [6, 6.07) is 4.95. The quantitative estimate of drug-likeness (QED) is 0.654. The van der Waals surface area contributed by atoms with Gasteiger partial charge in [0.25, 0.3) is 0 Å². The first-order valence-electron chi connectivity index (χ1n) is 4.40. The number of aliphatic hydroxyl groups excluding tert-OH is 1. The molecule has 0 spiro atoms. The van der Waals surface area contributed by atoms with Crippen LogP contribution in [-0.4, -0.2) is 30.5 Å². The second-order valence-electron chi connectivity index (χ2n) is 3.05. The highest BCUT2D eigenvalue weighted by molar-refractivity contribution is 5.42. The average Bonchev–Trinajstić information content (AvgIpc) is 2.22. The van der Waals surface area contributed by atoms with Crippen molar-refractivity contribution in [3.63, 3.8) is 0 Å². The van der Waals surface area contributed by atoms with Gasteiger partial charge in [-0.2, -0.15) is 0 Å². The second kappa shape index (κ2) is 4.83. The van der Waals surface area contributed by atoms with E-state index in [9.17, 15) is 5.11 Å². The summed E-state index contributed by atoms with van der Waals surface area (Å²) in [6.45, 7) is 0.356. The molecule has 4 nitrogen and oxygen atoms in total. The van der Waals surface area contributed by atoms with E-state index in [4.69, 9.17) is 15.6 Å². The average molecular weight is 197 g/mol. The minimum atomic E-state index is -0.107. The molecule has 0 aliphatic rings. The monoisotopic (exact) mass is 197 g/mol. The summed E-state index contributed by atoms with van der Waals surface area (Å²) in [4.78, 5) is 0. The standard InChI is InChI=1S/C10H15NO3/c1-14-10-4-7(2-3-9(10)13)8(5-11)6-12/h2-4,8,12-13H,5-6,11H2,1H3/t8-/m1/s1. The molecule has 0 saturated carbocycles. The van der Waals surface area contributed by atoms with Crippen LogP contribution >= 0.6 is 0 Å². The van der Waals surface area contributed by atoms with E-state index in [1.807, 2.05) is 0 Å². The summed E-state index contributed by atoms with van der Waals surface area (Å²) in [5.74, 6) is 0.379. The Balaban J connectivity index is 2.98. The zero-order valence-electron chi connectivity index (χ0n) is 8.10. The van der Waals surface area contributed by atoms with Gasteiger partial charge in [0.2, 0.25) is 0 Å². The fraction of sp³-hybridized carbons (Fsp3) is 0.400. The molecule has 0 fully saturated rings. The molecular formula is C10H15NO3. The Hall–Kier alpha value is -1.26. The van der Waals surface area contributed by atoms with Gasteiger partial charge < -0.3 is 20.7 Å². The first-order valence-corrected chi connectivity index (χ1v) is 4.40. The van der Waals surface area contributed by atoms with E-state index in [0.717, 1.165) is 5.56 Å². The number of benzene rings is 1. The molecule has 1 atom stereocenters. The molecule has 4 heteroatoms.